The summed E-state index contributed by atoms with van der Waals surface area (Å²) in [5, 5.41) is 9.13. The zero-order valence-electron chi connectivity index (χ0n) is 16.3. The van der Waals surface area contributed by atoms with Crippen LogP contribution in [0.5, 0.6) is 0 Å². The fourth-order valence-corrected chi connectivity index (χ4v) is 3.99. The van der Waals surface area contributed by atoms with Gasteiger partial charge in [-0.1, -0.05) is 17.8 Å². The fourth-order valence-electron chi connectivity index (χ4n) is 3.14. The van der Waals surface area contributed by atoms with Crippen molar-refractivity contribution in [1.82, 2.24) is 24.1 Å². The molecule has 10 heteroatoms. The molecule has 9 nitrogen and oxygen atoms in total. The molecule has 0 atom stereocenters. The van der Waals surface area contributed by atoms with E-state index in [1.165, 1.54) is 17.8 Å². The topological polar surface area (TPSA) is 121 Å². The van der Waals surface area contributed by atoms with Crippen molar-refractivity contribution >= 4 is 23.3 Å². The minimum atomic E-state index is -0.395. The number of aromatic nitrogens is 5. The first kappa shape index (κ1) is 19.9. The maximum absolute atomic E-state index is 12.5. The molecule has 30 heavy (non-hydrogen) atoms. The first-order valence-electron chi connectivity index (χ1n) is 9.35. The van der Waals surface area contributed by atoms with Gasteiger partial charge in [-0.2, -0.15) is 0 Å². The number of nitrogens with two attached hydrogens (primary N) is 1. The molecule has 4 aromatic rings. The number of amides is 1. The molecular weight excluding hydrogens is 404 g/mol. The molecule has 0 aliphatic carbocycles. The van der Waals surface area contributed by atoms with Crippen LogP contribution in [-0.4, -0.2) is 30.1 Å². The quantitative estimate of drug-likeness (QED) is 0.429. The van der Waals surface area contributed by atoms with Gasteiger partial charge in [-0.25, -0.2) is 4.98 Å². The Hall–Kier alpha value is -3.40. The summed E-state index contributed by atoms with van der Waals surface area (Å²) in [6.45, 7) is 2.30. The Kier molecular flexibility index (Phi) is 5.66. The van der Waals surface area contributed by atoms with Crippen molar-refractivity contribution in [2.24, 2.45) is 5.73 Å². The lowest BCUT2D eigenvalue weighted by atomic mass is 10.3. The zero-order valence-corrected chi connectivity index (χ0v) is 17.1. The maximum Gasteiger partial charge on any atom is 0.258 e. The second-order valence-corrected chi connectivity index (χ2v) is 7.71. The van der Waals surface area contributed by atoms with Crippen molar-refractivity contribution < 1.29 is 9.21 Å². The lowest BCUT2D eigenvalue weighted by Gasteiger charge is -2.09. The highest BCUT2D eigenvalue weighted by Crippen LogP contribution is 2.23. The van der Waals surface area contributed by atoms with Crippen LogP contribution in [0.15, 0.2) is 57.0 Å². The average Bonchev–Trinajstić information content (AvgIpc) is 3.35. The van der Waals surface area contributed by atoms with Crippen LogP contribution in [0.4, 0.5) is 0 Å². The molecule has 0 unspecified atom stereocenters. The van der Waals surface area contributed by atoms with Crippen LogP contribution in [0.3, 0.4) is 0 Å². The number of rotatable bonds is 8. The molecule has 0 aliphatic rings. The number of pyridine rings is 1. The number of hydrogen-bond donors (Lipinski definition) is 1. The lowest BCUT2D eigenvalue weighted by Crippen LogP contribution is -2.17. The van der Waals surface area contributed by atoms with Crippen molar-refractivity contribution in [3.8, 4) is 0 Å². The van der Waals surface area contributed by atoms with Crippen LogP contribution in [0.25, 0.3) is 5.65 Å². The highest BCUT2D eigenvalue weighted by Gasteiger charge is 2.16. The van der Waals surface area contributed by atoms with Gasteiger partial charge in [0.05, 0.1) is 18.5 Å². The third kappa shape index (κ3) is 4.28. The van der Waals surface area contributed by atoms with E-state index in [1.807, 2.05) is 41.8 Å². The van der Waals surface area contributed by atoms with Crippen LogP contribution in [0.1, 0.15) is 29.4 Å². The lowest BCUT2D eigenvalue weighted by molar-refractivity contribution is -0.118. The summed E-state index contributed by atoms with van der Waals surface area (Å²) in [6, 6.07) is 10.8. The molecule has 4 rings (SSSR count). The summed E-state index contributed by atoms with van der Waals surface area (Å²) in [5.74, 6) is 1.45. The third-order valence-electron chi connectivity index (χ3n) is 4.56. The van der Waals surface area contributed by atoms with E-state index >= 15 is 0 Å². The Morgan fingerprint density at radius 3 is 2.87 bits per heavy atom. The molecule has 0 aliphatic heterocycles. The molecule has 0 saturated heterocycles. The molecule has 0 spiro atoms. The van der Waals surface area contributed by atoms with Crippen LogP contribution in [0.2, 0.25) is 0 Å². The highest BCUT2D eigenvalue weighted by atomic mass is 32.2. The van der Waals surface area contributed by atoms with Crippen molar-refractivity contribution in [3.63, 3.8) is 0 Å². The molecule has 0 saturated carbocycles. The van der Waals surface area contributed by atoms with E-state index in [2.05, 4.69) is 15.2 Å². The summed E-state index contributed by atoms with van der Waals surface area (Å²) in [4.78, 5) is 28.3. The number of nitrogens with zero attached hydrogens (tertiary/aromatic N) is 5. The van der Waals surface area contributed by atoms with Gasteiger partial charge in [0.2, 0.25) is 5.91 Å². The number of primary amides is 1. The van der Waals surface area contributed by atoms with Crippen molar-refractivity contribution in [2.45, 2.75) is 37.2 Å². The molecule has 2 N–H and O–H groups in total. The normalized spacial score (nSPS) is 11.2. The second-order valence-electron chi connectivity index (χ2n) is 6.77. The predicted molar refractivity (Wildman–Crippen MR) is 111 cm³/mol. The minimum absolute atomic E-state index is 0.118. The molecule has 0 aromatic carbocycles. The van der Waals surface area contributed by atoms with Gasteiger partial charge in [0, 0.05) is 30.4 Å². The molecular formula is C20H20N6O3S. The number of aryl methyl sites for hydroxylation is 2. The first-order valence-corrected chi connectivity index (χ1v) is 10.3. The molecule has 0 bridgehead atoms. The molecule has 0 radical (unpaired) electrons. The maximum atomic E-state index is 12.5. The Balaban J connectivity index is 1.59. The molecule has 0 fully saturated rings. The molecule has 1 amide bonds. The Bertz CT molecular complexity index is 1250. The predicted octanol–water partition coefficient (Wildman–Crippen LogP) is 1.95. The Labute approximate surface area is 175 Å². The van der Waals surface area contributed by atoms with Gasteiger partial charge in [0.25, 0.3) is 5.56 Å². The number of fused-ring (bicyclic) bond motifs is 1. The van der Waals surface area contributed by atoms with Gasteiger partial charge in [-0.05, 0) is 31.2 Å². The smallest absolute Gasteiger partial charge is 0.258 e. The van der Waals surface area contributed by atoms with Gasteiger partial charge in [-0.15, -0.1) is 10.2 Å². The summed E-state index contributed by atoms with van der Waals surface area (Å²) in [6.07, 6.45) is 2.17. The Morgan fingerprint density at radius 2 is 2.10 bits per heavy atom. The summed E-state index contributed by atoms with van der Waals surface area (Å²) in [5.41, 5.74) is 7.26. The highest BCUT2D eigenvalue weighted by molar-refractivity contribution is 7.98. The van der Waals surface area contributed by atoms with Crippen LogP contribution in [-0.2, 0) is 23.5 Å². The number of carbonyl (C=O) groups excluding carboxylic acids is 1. The van der Waals surface area contributed by atoms with Crippen molar-refractivity contribution in [2.75, 3.05) is 0 Å². The van der Waals surface area contributed by atoms with E-state index in [0.29, 0.717) is 41.0 Å². The number of carbonyl (C=O) groups is 1. The van der Waals surface area contributed by atoms with E-state index in [4.69, 9.17) is 10.2 Å². The van der Waals surface area contributed by atoms with Crippen LogP contribution < -0.4 is 11.3 Å². The number of hydrogen-bond acceptors (Lipinski definition) is 7. The van der Waals surface area contributed by atoms with Crippen molar-refractivity contribution in [1.29, 1.82) is 0 Å². The van der Waals surface area contributed by atoms with E-state index in [1.54, 1.807) is 10.7 Å². The van der Waals surface area contributed by atoms with Crippen LogP contribution >= 0.6 is 11.8 Å². The first-order chi connectivity index (χ1) is 14.5. The van der Waals surface area contributed by atoms with Crippen molar-refractivity contribution in [3.05, 3.63) is 76.0 Å². The molecule has 154 valence electrons. The minimum Gasteiger partial charge on any atom is -0.467 e. The van der Waals surface area contributed by atoms with E-state index in [0.717, 1.165) is 11.5 Å². The number of thioether (sulfide) groups is 1. The SMILES string of the molecule is Cc1cccc2nc(CSc3nnc(CCC(N)=O)n3Cc3ccco3)cc(=O)n12. The third-order valence-corrected chi connectivity index (χ3v) is 5.57. The summed E-state index contributed by atoms with van der Waals surface area (Å²) in [7, 11) is 0. The van der Waals surface area contributed by atoms with Gasteiger partial charge >= 0.3 is 0 Å². The summed E-state index contributed by atoms with van der Waals surface area (Å²) < 4.78 is 8.92. The van der Waals surface area contributed by atoms with E-state index < -0.39 is 5.91 Å². The summed E-state index contributed by atoms with van der Waals surface area (Å²) >= 11 is 1.42. The molecule has 4 aromatic heterocycles. The standard InChI is InChI=1S/C20H20N6O3S/c1-13-4-2-6-17-22-14(10-19(28)26(13)17)12-30-20-24-23-18(8-7-16(21)27)25(20)11-15-5-3-9-29-15/h2-6,9-10H,7-8,11-12H2,1H3,(H2,21,27). The fraction of sp³-hybridized carbons (Fsp3) is 0.250. The molecule has 4 heterocycles. The second kappa shape index (κ2) is 8.54. The number of furan rings is 1. The monoisotopic (exact) mass is 424 g/mol. The van der Waals surface area contributed by atoms with Gasteiger partial charge in [0.1, 0.15) is 17.2 Å². The van der Waals surface area contributed by atoms with Crippen LogP contribution in [0, 0.1) is 6.92 Å². The zero-order chi connectivity index (χ0) is 21.1. The Morgan fingerprint density at radius 1 is 1.23 bits per heavy atom. The van der Waals surface area contributed by atoms with E-state index in [9.17, 15) is 9.59 Å². The van der Waals surface area contributed by atoms with Gasteiger partial charge in [-0.3, -0.25) is 18.6 Å². The largest absolute Gasteiger partial charge is 0.467 e. The average molecular weight is 424 g/mol. The van der Waals surface area contributed by atoms with Gasteiger partial charge < -0.3 is 10.2 Å². The van der Waals surface area contributed by atoms with Gasteiger partial charge in [0.15, 0.2) is 5.16 Å². The van der Waals surface area contributed by atoms with E-state index in [-0.39, 0.29) is 12.0 Å².